The molecule has 5 heteroatoms. The molecular formula is C23H34N2O3. The monoisotopic (exact) mass is 386 g/mol. The first-order valence-electron chi connectivity index (χ1n) is 11.4. The molecule has 154 valence electrons. The van der Waals surface area contributed by atoms with Crippen molar-refractivity contribution >= 4 is 17.3 Å². The van der Waals surface area contributed by atoms with Crippen LogP contribution in [0.1, 0.15) is 71.6 Å². The maximum Gasteiger partial charge on any atom is 0.141 e. The zero-order valence-corrected chi connectivity index (χ0v) is 17.3. The lowest BCUT2D eigenvalue weighted by molar-refractivity contribution is -0.154. The molecule has 1 N–H and O–H groups in total. The van der Waals surface area contributed by atoms with E-state index in [0.717, 1.165) is 63.7 Å². The summed E-state index contributed by atoms with van der Waals surface area (Å²) in [6, 6.07) is 0. The van der Waals surface area contributed by atoms with Gasteiger partial charge in [0.05, 0.1) is 5.71 Å². The van der Waals surface area contributed by atoms with Crippen molar-refractivity contribution in [1.29, 1.82) is 0 Å². The van der Waals surface area contributed by atoms with E-state index in [1.807, 2.05) is 0 Å². The quantitative estimate of drug-likeness (QED) is 0.738. The molecule has 0 aromatic rings. The van der Waals surface area contributed by atoms with Gasteiger partial charge in [0.25, 0.3) is 0 Å². The van der Waals surface area contributed by atoms with Gasteiger partial charge in [-0.05, 0) is 68.2 Å². The molecule has 0 bridgehead atoms. The van der Waals surface area contributed by atoms with E-state index in [0.29, 0.717) is 36.2 Å². The highest BCUT2D eigenvalue weighted by molar-refractivity contribution is 5.91. The molecule has 5 rings (SSSR count). The molecule has 1 unspecified atom stereocenters. The van der Waals surface area contributed by atoms with Gasteiger partial charge in [-0.3, -0.25) is 9.59 Å². The number of oxime groups is 1. The van der Waals surface area contributed by atoms with Gasteiger partial charge in [0, 0.05) is 37.1 Å². The Hall–Kier alpha value is -1.23. The predicted molar refractivity (Wildman–Crippen MR) is 107 cm³/mol. The zero-order valence-electron chi connectivity index (χ0n) is 17.3. The molecule has 0 amide bonds. The van der Waals surface area contributed by atoms with Crippen LogP contribution in [0.15, 0.2) is 5.16 Å². The fourth-order valence-electron chi connectivity index (χ4n) is 7.46. The third kappa shape index (κ3) is 2.72. The highest BCUT2D eigenvalue weighted by Crippen LogP contribution is 2.64. The lowest BCUT2D eigenvalue weighted by atomic mass is 9.45. The van der Waals surface area contributed by atoms with Crippen LogP contribution in [0, 0.1) is 34.5 Å². The molecule has 5 aliphatic rings. The first kappa shape index (κ1) is 18.8. The van der Waals surface area contributed by atoms with Crippen LogP contribution in [-0.4, -0.2) is 36.5 Å². The Bertz CT molecular complexity index is 713. The molecule has 0 aromatic heterocycles. The van der Waals surface area contributed by atoms with Gasteiger partial charge in [-0.1, -0.05) is 19.0 Å². The van der Waals surface area contributed by atoms with Gasteiger partial charge in [0.15, 0.2) is 0 Å². The largest absolute Gasteiger partial charge is 0.391 e. The van der Waals surface area contributed by atoms with E-state index in [-0.39, 0.29) is 28.8 Å². The van der Waals surface area contributed by atoms with Crippen molar-refractivity contribution in [3.63, 3.8) is 0 Å². The molecule has 5 fully saturated rings. The summed E-state index contributed by atoms with van der Waals surface area (Å²) in [5.41, 5.74) is 1.13. The van der Waals surface area contributed by atoms with E-state index < -0.39 is 0 Å². The van der Waals surface area contributed by atoms with E-state index in [1.54, 1.807) is 0 Å². The topological polar surface area (TPSA) is 67.8 Å². The third-order valence-corrected chi connectivity index (χ3v) is 9.36. The van der Waals surface area contributed by atoms with Gasteiger partial charge in [-0.2, -0.15) is 0 Å². The minimum Gasteiger partial charge on any atom is -0.391 e. The summed E-state index contributed by atoms with van der Waals surface area (Å²) >= 11 is 0. The molecular weight excluding hydrogens is 352 g/mol. The van der Waals surface area contributed by atoms with Crippen molar-refractivity contribution in [2.24, 2.45) is 39.7 Å². The Morgan fingerprint density at radius 2 is 1.89 bits per heavy atom. The molecule has 0 aromatic carbocycles. The number of carbonyl (C=O) groups is 2. The summed E-state index contributed by atoms with van der Waals surface area (Å²) in [4.78, 5) is 31.6. The van der Waals surface area contributed by atoms with Crippen LogP contribution < -0.4 is 5.32 Å². The van der Waals surface area contributed by atoms with Crippen molar-refractivity contribution in [1.82, 2.24) is 5.32 Å². The normalized spacial score (nSPS) is 49.6. The standard InChI is InChI=1S/C23H34N2O3/c1-22-8-5-15(25-28-16-7-10-24-13-16)11-14(22)12-19(26)21-17-3-4-20(27)23(17,2)9-6-18(21)22/h14,16-18,21,24H,3-13H2,1-2H3/t14?,16-,17+,18-,21+,22+,23+/m1/s1. The molecule has 4 aliphatic carbocycles. The van der Waals surface area contributed by atoms with Crippen LogP contribution >= 0.6 is 0 Å². The summed E-state index contributed by atoms with van der Waals surface area (Å²) < 4.78 is 0. The minimum absolute atomic E-state index is 0.116. The number of ketones is 2. The van der Waals surface area contributed by atoms with E-state index in [9.17, 15) is 9.59 Å². The van der Waals surface area contributed by atoms with Crippen LogP contribution in [0.25, 0.3) is 0 Å². The maximum absolute atomic E-state index is 13.3. The minimum atomic E-state index is -0.232. The molecule has 7 atom stereocenters. The molecule has 28 heavy (non-hydrogen) atoms. The van der Waals surface area contributed by atoms with Gasteiger partial charge >= 0.3 is 0 Å². The average Bonchev–Trinajstić information content (AvgIpc) is 3.29. The Kier molecular flexibility index (Phi) is 4.46. The number of hydrogen-bond acceptors (Lipinski definition) is 5. The summed E-state index contributed by atoms with van der Waals surface area (Å²) in [5, 5.41) is 7.82. The fourth-order valence-corrected chi connectivity index (χ4v) is 7.46. The first-order chi connectivity index (χ1) is 13.4. The second-order valence-electron chi connectivity index (χ2n) is 10.6. The average molecular weight is 387 g/mol. The number of Topliss-reactive ketones (excluding diaryl/α,β-unsaturated/α-hetero) is 2. The van der Waals surface area contributed by atoms with Crippen LogP contribution in [0.4, 0.5) is 0 Å². The summed E-state index contributed by atoms with van der Waals surface area (Å²) in [5.74, 6) is 2.08. The second kappa shape index (κ2) is 6.65. The fraction of sp³-hybridized carbons (Fsp3) is 0.870. The molecule has 1 heterocycles. The van der Waals surface area contributed by atoms with Gasteiger partial charge in [-0.25, -0.2) is 0 Å². The summed E-state index contributed by atoms with van der Waals surface area (Å²) in [6.45, 7) is 6.47. The number of hydrogen-bond donors (Lipinski definition) is 1. The predicted octanol–water partition coefficient (Wildman–Crippen LogP) is 3.51. The number of nitrogens with zero attached hydrogens (tertiary/aromatic N) is 1. The highest BCUT2D eigenvalue weighted by atomic mass is 16.6. The van der Waals surface area contributed by atoms with Gasteiger partial charge in [0.1, 0.15) is 17.7 Å². The van der Waals surface area contributed by atoms with Crippen molar-refractivity contribution in [2.75, 3.05) is 13.1 Å². The van der Waals surface area contributed by atoms with E-state index in [1.165, 1.54) is 0 Å². The van der Waals surface area contributed by atoms with Gasteiger partial charge in [-0.15, -0.1) is 0 Å². The molecule has 1 saturated heterocycles. The molecule has 0 radical (unpaired) electrons. The Balaban J connectivity index is 1.35. The summed E-state index contributed by atoms with van der Waals surface area (Å²) in [6.07, 6.45) is 8.54. The lowest BCUT2D eigenvalue weighted by Gasteiger charge is -2.58. The molecule has 1 aliphatic heterocycles. The first-order valence-corrected chi connectivity index (χ1v) is 11.4. The Morgan fingerprint density at radius 1 is 1.04 bits per heavy atom. The van der Waals surface area contributed by atoms with Crippen molar-refractivity contribution in [2.45, 2.75) is 77.7 Å². The van der Waals surface area contributed by atoms with E-state index in [2.05, 4.69) is 24.3 Å². The second-order valence-corrected chi connectivity index (χ2v) is 10.6. The van der Waals surface area contributed by atoms with E-state index in [4.69, 9.17) is 4.84 Å². The number of carbonyl (C=O) groups excluding carboxylic acids is 2. The van der Waals surface area contributed by atoms with Crippen LogP contribution in [-0.2, 0) is 14.4 Å². The van der Waals surface area contributed by atoms with Gasteiger partial charge < -0.3 is 10.2 Å². The molecule has 4 saturated carbocycles. The Labute approximate surface area is 168 Å². The lowest BCUT2D eigenvalue weighted by Crippen LogP contribution is -2.57. The van der Waals surface area contributed by atoms with Crippen molar-refractivity contribution in [3.8, 4) is 0 Å². The highest BCUT2D eigenvalue weighted by Gasteiger charge is 2.62. The van der Waals surface area contributed by atoms with Gasteiger partial charge in [0.2, 0.25) is 0 Å². The van der Waals surface area contributed by atoms with Crippen LogP contribution in [0.3, 0.4) is 0 Å². The Morgan fingerprint density at radius 3 is 2.68 bits per heavy atom. The number of nitrogens with one attached hydrogen (secondary N) is 1. The smallest absolute Gasteiger partial charge is 0.141 e. The summed E-state index contributed by atoms with van der Waals surface area (Å²) in [7, 11) is 0. The zero-order chi connectivity index (χ0) is 19.5. The number of fused-ring (bicyclic) bond motifs is 5. The number of rotatable bonds is 2. The van der Waals surface area contributed by atoms with Crippen molar-refractivity contribution in [3.05, 3.63) is 0 Å². The molecule has 5 nitrogen and oxygen atoms in total. The maximum atomic E-state index is 13.3. The van der Waals surface area contributed by atoms with Crippen LogP contribution in [0.5, 0.6) is 0 Å². The van der Waals surface area contributed by atoms with Crippen molar-refractivity contribution < 1.29 is 14.4 Å². The van der Waals surface area contributed by atoms with E-state index >= 15 is 0 Å². The SMILES string of the molecule is C[C@]12CCC(=NO[C@@H]3CCNC3)CC1CC(=O)[C@@H]1[C@H]2CC[C@]2(C)C(=O)CC[C@@H]12. The third-order valence-electron chi connectivity index (χ3n) is 9.36. The van der Waals surface area contributed by atoms with Crippen LogP contribution in [0.2, 0.25) is 0 Å². The molecule has 0 spiro atoms.